The summed E-state index contributed by atoms with van der Waals surface area (Å²) in [6, 6.07) is 7.25. The fraction of sp³-hybridized carbons (Fsp3) is 0.182. The maximum atomic E-state index is 11.0. The summed E-state index contributed by atoms with van der Waals surface area (Å²) in [5.41, 5.74) is 1.91. The Balaban J connectivity index is 3.21. The zero-order chi connectivity index (χ0) is 10.7. The number of halogens is 1. The van der Waals surface area contributed by atoms with Gasteiger partial charge < -0.3 is 5.11 Å². The van der Waals surface area contributed by atoms with Gasteiger partial charge in [-0.1, -0.05) is 33.6 Å². The lowest BCUT2D eigenvalue weighted by Gasteiger charge is -2.04. The van der Waals surface area contributed by atoms with Gasteiger partial charge in [0.2, 0.25) is 0 Å². The molecule has 1 aromatic rings. The Labute approximate surface area is 91.4 Å². The van der Waals surface area contributed by atoms with Gasteiger partial charge in [0.15, 0.2) is 0 Å². The van der Waals surface area contributed by atoms with E-state index in [1.54, 1.807) is 26.0 Å². The highest BCUT2D eigenvalue weighted by Crippen LogP contribution is 2.21. The predicted octanol–water partition coefficient (Wildman–Crippen LogP) is 3.33. The van der Waals surface area contributed by atoms with E-state index in [0.717, 1.165) is 15.6 Å². The third kappa shape index (κ3) is 2.45. The Morgan fingerprint density at radius 2 is 1.71 bits per heavy atom. The van der Waals surface area contributed by atoms with E-state index >= 15 is 0 Å². The Bertz CT molecular complexity index is 373. The van der Waals surface area contributed by atoms with E-state index in [2.05, 4.69) is 15.9 Å². The molecule has 0 spiro atoms. The summed E-state index contributed by atoms with van der Waals surface area (Å²) in [4.78, 5) is 11.0. The molecule has 0 amide bonds. The predicted molar refractivity (Wildman–Crippen MR) is 60.0 cm³/mol. The molecule has 2 nitrogen and oxygen atoms in total. The van der Waals surface area contributed by atoms with Crippen LogP contribution in [0.25, 0.3) is 5.57 Å². The molecule has 1 rings (SSSR count). The Hall–Kier alpha value is -1.09. The minimum Gasteiger partial charge on any atom is -0.478 e. The fourth-order valence-corrected chi connectivity index (χ4v) is 1.51. The Kier molecular flexibility index (Phi) is 3.47. The van der Waals surface area contributed by atoms with Crippen LogP contribution < -0.4 is 0 Å². The molecule has 0 saturated heterocycles. The highest BCUT2D eigenvalue weighted by molar-refractivity contribution is 9.10. The van der Waals surface area contributed by atoms with E-state index in [1.807, 2.05) is 12.1 Å². The third-order valence-electron chi connectivity index (χ3n) is 1.85. The molecule has 0 aliphatic rings. The Morgan fingerprint density at radius 3 is 2.07 bits per heavy atom. The molecular weight excluding hydrogens is 244 g/mol. The van der Waals surface area contributed by atoms with E-state index in [0.29, 0.717) is 5.57 Å². The number of aliphatic carboxylic acids is 1. The summed E-state index contributed by atoms with van der Waals surface area (Å²) in [6.45, 7) is 3.59. The molecule has 14 heavy (non-hydrogen) atoms. The van der Waals surface area contributed by atoms with Crippen LogP contribution in [0.5, 0.6) is 0 Å². The first-order valence-electron chi connectivity index (χ1n) is 4.19. The molecule has 3 heteroatoms. The van der Waals surface area contributed by atoms with Gasteiger partial charge in [-0.15, -0.1) is 0 Å². The lowest BCUT2D eigenvalue weighted by atomic mass is 10.0. The van der Waals surface area contributed by atoms with Crippen LogP contribution in [-0.4, -0.2) is 11.1 Å². The molecule has 0 aromatic heterocycles. The number of carboxylic acid groups (broad SMARTS) is 1. The first-order valence-corrected chi connectivity index (χ1v) is 4.98. The van der Waals surface area contributed by atoms with Crippen molar-refractivity contribution in [3.05, 3.63) is 39.9 Å². The summed E-state index contributed by atoms with van der Waals surface area (Å²) in [5, 5.41) is 9.00. The van der Waals surface area contributed by atoms with E-state index in [9.17, 15) is 4.79 Å². The van der Waals surface area contributed by atoms with Crippen LogP contribution in [0.3, 0.4) is 0 Å². The molecule has 0 atom stereocenters. The fourth-order valence-electron chi connectivity index (χ4n) is 1.24. The van der Waals surface area contributed by atoms with Crippen LogP contribution in [-0.2, 0) is 4.79 Å². The maximum Gasteiger partial charge on any atom is 0.336 e. The molecule has 74 valence electrons. The average molecular weight is 255 g/mol. The molecule has 0 bridgehead atoms. The van der Waals surface area contributed by atoms with Gasteiger partial charge in [0, 0.05) is 4.47 Å². The number of carboxylic acids is 1. The monoisotopic (exact) mass is 254 g/mol. The van der Waals surface area contributed by atoms with Crippen molar-refractivity contribution < 1.29 is 9.90 Å². The molecule has 0 radical (unpaired) electrons. The van der Waals surface area contributed by atoms with Crippen LogP contribution in [0, 0.1) is 0 Å². The standard InChI is InChI=1S/C11H11BrO2/c1-7(2)10(11(13)14)8-3-5-9(12)6-4-8/h3-6H,1-2H3,(H,13,14). The van der Waals surface area contributed by atoms with Gasteiger partial charge in [-0.2, -0.15) is 0 Å². The first kappa shape index (κ1) is 11.0. The lowest BCUT2D eigenvalue weighted by Crippen LogP contribution is -2.01. The van der Waals surface area contributed by atoms with E-state index in [1.165, 1.54) is 0 Å². The molecule has 0 saturated carbocycles. The summed E-state index contributed by atoms with van der Waals surface area (Å²) >= 11 is 3.31. The molecular formula is C11H11BrO2. The molecule has 1 N–H and O–H groups in total. The topological polar surface area (TPSA) is 37.3 Å². The van der Waals surface area contributed by atoms with Gasteiger partial charge >= 0.3 is 5.97 Å². The van der Waals surface area contributed by atoms with Crippen molar-refractivity contribution >= 4 is 27.5 Å². The van der Waals surface area contributed by atoms with Crippen LogP contribution in [0.4, 0.5) is 0 Å². The number of allylic oxidation sites excluding steroid dienone is 1. The van der Waals surface area contributed by atoms with Crippen molar-refractivity contribution in [1.82, 2.24) is 0 Å². The van der Waals surface area contributed by atoms with E-state index in [4.69, 9.17) is 5.11 Å². The van der Waals surface area contributed by atoms with Crippen molar-refractivity contribution in [1.29, 1.82) is 0 Å². The molecule has 0 heterocycles. The largest absolute Gasteiger partial charge is 0.478 e. The second-order valence-corrected chi connectivity index (χ2v) is 4.10. The SMILES string of the molecule is CC(C)=C(C(=O)O)c1ccc(Br)cc1. The lowest BCUT2D eigenvalue weighted by molar-refractivity contribution is -0.130. The van der Waals surface area contributed by atoms with Crippen LogP contribution in [0.1, 0.15) is 19.4 Å². The van der Waals surface area contributed by atoms with Gasteiger partial charge in [-0.25, -0.2) is 4.79 Å². The van der Waals surface area contributed by atoms with Gasteiger partial charge in [0.05, 0.1) is 5.57 Å². The second kappa shape index (κ2) is 4.42. The highest BCUT2D eigenvalue weighted by Gasteiger charge is 2.11. The van der Waals surface area contributed by atoms with Crippen LogP contribution in [0.15, 0.2) is 34.3 Å². The van der Waals surface area contributed by atoms with Crippen LogP contribution >= 0.6 is 15.9 Å². The van der Waals surface area contributed by atoms with Crippen molar-refractivity contribution in [2.45, 2.75) is 13.8 Å². The summed E-state index contributed by atoms with van der Waals surface area (Å²) < 4.78 is 0.944. The summed E-state index contributed by atoms with van der Waals surface area (Å²) in [5.74, 6) is -0.882. The Morgan fingerprint density at radius 1 is 1.21 bits per heavy atom. The molecule has 0 fully saturated rings. The van der Waals surface area contributed by atoms with Crippen molar-refractivity contribution in [2.75, 3.05) is 0 Å². The first-order chi connectivity index (χ1) is 6.52. The number of rotatable bonds is 2. The summed E-state index contributed by atoms with van der Waals surface area (Å²) in [7, 11) is 0. The zero-order valence-corrected chi connectivity index (χ0v) is 9.63. The second-order valence-electron chi connectivity index (χ2n) is 3.19. The zero-order valence-electron chi connectivity index (χ0n) is 8.04. The van der Waals surface area contributed by atoms with Crippen molar-refractivity contribution in [3.63, 3.8) is 0 Å². The number of carbonyl (C=O) groups is 1. The normalized spacial score (nSPS) is 9.64. The minimum absolute atomic E-state index is 0.373. The van der Waals surface area contributed by atoms with Crippen LogP contribution in [0.2, 0.25) is 0 Å². The highest BCUT2D eigenvalue weighted by atomic mass is 79.9. The van der Waals surface area contributed by atoms with Crippen molar-refractivity contribution in [2.24, 2.45) is 0 Å². The third-order valence-corrected chi connectivity index (χ3v) is 2.38. The maximum absolute atomic E-state index is 11.0. The van der Waals surface area contributed by atoms with Crippen molar-refractivity contribution in [3.8, 4) is 0 Å². The van der Waals surface area contributed by atoms with Gasteiger partial charge in [0.1, 0.15) is 0 Å². The molecule has 0 aliphatic heterocycles. The van der Waals surface area contributed by atoms with Gasteiger partial charge in [0.25, 0.3) is 0 Å². The molecule has 0 unspecified atom stereocenters. The molecule has 0 aliphatic carbocycles. The minimum atomic E-state index is -0.882. The number of benzene rings is 1. The molecule has 1 aromatic carbocycles. The number of hydrogen-bond acceptors (Lipinski definition) is 1. The van der Waals surface area contributed by atoms with Gasteiger partial charge in [-0.05, 0) is 31.5 Å². The number of hydrogen-bond donors (Lipinski definition) is 1. The van der Waals surface area contributed by atoms with Gasteiger partial charge in [-0.3, -0.25) is 0 Å². The quantitative estimate of drug-likeness (QED) is 0.823. The van der Waals surface area contributed by atoms with E-state index in [-0.39, 0.29) is 0 Å². The van der Waals surface area contributed by atoms with E-state index < -0.39 is 5.97 Å². The smallest absolute Gasteiger partial charge is 0.336 e. The average Bonchev–Trinajstić information content (AvgIpc) is 2.07. The summed E-state index contributed by atoms with van der Waals surface area (Å²) in [6.07, 6.45) is 0.